The van der Waals surface area contributed by atoms with E-state index in [4.69, 9.17) is 4.74 Å². The van der Waals surface area contributed by atoms with Crippen LogP contribution in [0.1, 0.15) is 12.5 Å². The van der Waals surface area contributed by atoms with E-state index in [0.717, 1.165) is 0 Å². The average molecular weight is 287 g/mol. The second-order valence-corrected chi connectivity index (χ2v) is 4.35. The summed E-state index contributed by atoms with van der Waals surface area (Å²) >= 11 is 0. The van der Waals surface area contributed by atoms with Gasteiger partial charge in [-0.05, 0) is 24.6 Å². The zero-order chi connectivity index (χ0) is 14.8. The van der Waals surface area contributed by atoms with Crippen LogP contribution in [-0.4, -0.2) is 37.1 Å². The summed E-state index contributed by atoms with van der Waals surface area (Å²) in [5.74, 6) is 0.894. The van der Waals surface area contributed by atoms with Crippen molar-refractivity contribution in [1.29, 1.82) is 0 Å². The van der Waals surface area contributed by atoms with Gasteiger partial charge < -0.3 is 14.8 Å². The molecule has 0 saturated heterocycles. The first-order chi connectivity index (χ1) is 10.2. The summed E-state index contributed by atoms with van der Waals surface area (Å²) in [6.07, 6.45) is 0. The fourth-order valence-electron chi connectivity index (χ4n) is 2.02. The number of nitrogens with one attached hydrogen (secondary N) is 2. The number of aliphatic hydroxyl groups excluding tert-OH is 1. The summed E-state index contributed by atoms with van der Waals surface area (Å²) in [5.41, 5.74) is 1.43. The second kappa shape index (κ2) is 5.33. The number of rotatable bonds is 4. The molecule has 0 bridgehead atoms. The van der Waals surface area contributed by atoms with Gasteiger partial charge in [0.25, 0.3) is 5.56 Å². The van der Waals surface area contributed by atoms with Gasteiger partial charge in [-0.15, -0.1) is 5.10 Å². The Hall–Kier alpha value is -2.74. The molecule has 0 aliphatic rings. The van der Waals surface area contributed by atoms with Crippen molar-refractivity contribution in [3.8, 4) is 17.1 Å². The molecule has 0 unspecified atom stereocenters. The van der Waals surface area contributed by atoms with Crippen LogP contribution < -0.4 is 10.3 Å². The van der Waals surface area contributed by atoms with Gasteiger partial charge in [0.1, 0.15) is 11.6 Å². The highest BCUT2D eigenvalue weighted by molar-refractivity contribution is 5.73. The zero-order valence-corrected chi connectivity index (χ0v) is 11.3. The Morgan fingerprint density at radius 2 is 2.24 bits per heavy atom. The first kappa shape index (κ1) is 13.3. The lowest BCUT2D eigenvalue weighted by Crippen LogP contribution is -2.10. The van der Waals surface area contributed by atoms with Crippen molar-refractivity contribution < 1.29 is 9.84 Å². The Balaban J connectivity index is 2.19. The van der Waals surface area contributed by atoms with Crippen LogP contribution in [0.25, 0.3) is 22.6 Å². The van der Waals surface area contributed by atoms with Gasteiger partial charge >= 0.3 is 0 Å². The normalized spacial score (nSPS) is 11.0. The Kier molecular flexibility index (Phi) is 3.36. The van der Waals surface area contributed by atoms with Crippen LogP contribution in [-0.2, 0) is 6.61 Å². The highest BCUT2D eigenvalue weighted by atomic mass is 16.5. The molecule has 0 fully saturated rings. The molecule has 21 heavy (non-hydrogen) atoms. The molecule has 0 saturated carbocycles. The monoisotopic (exact) mass is 287 g/mol. The summed E-state index contributed by atoms with van der Waals surface area (Å²) in [6.45, 7) is 2.22. The lowest BCUT2D eigenvalue weighted by Gasteiger charge is -2.10. The minimum atomic E-state index is -0.377. The fraction of sp³-hybridized carbons (Fsp3) is 0.231. The lowest BCUT2D eigenvalue weighted by molar-refractivity contribution is 0.280. The van der Waals surface area contributed by atoms with Gasteiger partial charge in [0.05, 0.1) is 18.8 Å². The van der Waals surface area contributed by atoms with Crippen molar-refractivity contribution in [2.75, 3.05) is 6.61 Å². The van der Waals surface area contributed by atoms with E-state index in [1.165, 1.54) is 0 Å². The summed E-state index contributed by atoms with van der Waals surface area (Å²) in [7, 11) is 0. The highest BCUT2D eigenvalue weighted by Crippen LogP contribution is 2.28. The van der Waals surface area contributed by atoms with E-state index >= 15 is 0 Å². The number of nitrogens with zero attached hydrogens (tertiary/aromatic N) is 3. The third kappa shape index (κ3) is 2.36. The maximum absolute atomic E-state index is 11.9. The molecule has 3 aromatic rings. The molecule has 0 atom stereocenters. The molecule has 8 nitrogen and oxygen atoms in total. The smallest absolute Gasteiger partial charge is 0.281 e. The van der Waals surface area contributed by atoms with Crippen molar-refractivity contribution in [2.24, 2.45) is 0 Å². The Labute approximate surface area is 118 Å². The average Bonchev–Trinajstić information content (AvgIpc) is 2.96. The van der Waals surface area contributed by atoms with Crippen molar-refractivity contribution in [3.05, 3.63) is 34.1 Å². The standard InChI is InChI=1S/C13H13N5O3/c1-2-21-9-5-7(6-19)3-4-8(9)11-14-12-10(13(20)15-11)16-18-17-12/h3-5,19H,2,6H2,1H3,(H2,14,15,16,17,18,20). The molecule has 0 amide bonds. The SMILES string of the molecule is CCOc1cc(CO)ccc1-c1nc2[nH]nnc2c(=O)[nH]1. The third-order valence-corrected chi connectivity index (χ3v) is 2.98. The first-order valence-electron chi connectivity index (χ1n) is 6.41. The predicted molar refractivity (Wildman–Crippen MR) is 74.8 cm³/mol. The largest absolute Gasteiger partial charge is 0.493 e. The van der Waals surface area contributed by atoms with Crippen LogP contribution in [0.15, 0.2) is 23.0 Å². The molecular weight excluding hydrogens is 274 g/mol. The van der Waals surface area contributed by atoms with Gasteiger partial charge in [-0.25, -0.2) is 10.1 Å². The quantitative estimate of drug-likeness (QED) is 0.647. The molecular formula is C13H13N5O3. The van der Waals surface area contributed by atoms with Gasteiger partial charge in [-0.3, -0.25) is 4.79 Å². The highest BCUT2D eigenvalue weighted by Gasteiger charge is 2.13. The van der Waals surface area contributed by atoms with Crippen LogP contribution in [0.2, 0.25) is 0 Å². The maximum atomic E-state index is 11.9. The fourth-order valence-corrected chi connectivity index (χ4v) is 2.02. The molecule has 0 spiro atoms. The van der Waals surface area contributed by atoms with E-state index in [1.807, 2.05) is 6.92 Å². The molecule has 0 aliphatic heterocycles. The summed E-state index contributed by atoms with van der Waals surface area (Å²) in [5, 5.41) is 19.0. The summed E-state index contributed by atoms with van der Waals surface area (Å²) < 4.78 is 5.55. The van der Waals surface area contributed by atoms with Crippen molar-refractivity contribution in [1.82, 2.24) is 25.4 Å². The number of H-pyrrole nitrogens is 2. The van der Waals surface area contributed by atoms with E-state index in [-0.39, 0.29) is 17.7 Å². The van der Waals surface area contributed by atoms with E-state index in [9.17, 15) is 9.90 Å². The van der Waals surface area contributed by atoms with Crippen LogP contribution in [0, 0.1) is 0 Å². The van der Waals surface area contributed by atoms with E-state index in [2.05, 4.69) is 25.4 Å². The van der Waals surface area contributed by atoms with Crippen LogP contribution in [0.4, 0.5) is 0 Å². The topological polar surface area (TPSA) is 117 Å². The van der Waals surface area contributed by atoms with Crippen LogP contribution in [0.3, 0.4) is 0 Å². The number of ether oxygens (including phenoxy) is 1. The van der Waals surface area contributed by atoms with Crippen molar-refractivity contribution in [3.63, 3.8) is 0 Å². The number of hydrogen-bond acceptors (Lipinski definition) is 6. The van der Waals surface area contributed by atoms with Gasteiger partial charge in [-0.1, -0.05) is 11.3 Å². The van der Waals surface area contributed by atoms with Crippen LogP contribution in [0.5, 0.6) is 5.75 Å². The maximum Gasteiger partial charge on any atom is 0.281 e. The Bertz CT molecular complexity index is 839. The van der Waals surface area contributed by atoms with E-state index in [1.54, 1.807) is 18.2 Å². The zero-order valence-electron chi connectivity index (χ0n) is 11.3. The lowest BCUT2D eigenvalue weighted by atomic mass is 10.1. The molecule has 3 N–H and O–H groups in total. The number of aliphatic hydroxyl groups is 1. The number of hydrogen-bond donors (Lipinski definition) is 3. The number of benzene rings is 1. The molecule has 3 rings (SSSR count). The number of aromatic nitrogens is 5. The summed E-state index contributed by atoms with van der Waals surface area (Å²) in [6, 6.07) is 5.20. The molecule has 0 radical (unpaired) electrons. The molecule has 2 heterocycles. The van der Waals surface area contributed by atoms with Crippen molar-refractivity contribution >= 4 is 11.2 Å². The molecule has 1 aromatic carbocycles. The van der Waals surface area contributed by atoms with Crippen LogP contribution >= 0.6 is 0 Å². The molecule has 2 aromatic heterocycles. The number of fused-ring (bicyclic) bond motifs is 1. The van der Waals surface area contributed by atoms with E-state index in [0.29, 0.717) is 35.0 Å². The third-order valence-electron chi connectivity index (χ3n) is 2.98. The molecule has 0 aliphatic carbocycles. The first-order valence-corrected chi connectivity index (χ1v) is 6.41. The van der Waals surface area contributed by atoms with Gasteiger partial charge in [0.15, 0.2) is 11.2 Å². The second-order valence-electron chi connectivity index (χ2n) is 4.35. The number of aromatic amines is 2. The summed E-state index contributed by atoms with van der Waals surface area (Å²) in [4.78, 5) is 18.9. The van der Waals surface area contributed by atoms with Gasteiger partial charge in [-0.2, -0.15) is 0 Å². The van der Waals surface area contributed by atoms with E-state index < -0.39 is 0 Å². The minimum absolute atomic E-state index is 0.0895. The van der Waals surface area contributed by atoms with Gasteiger partial charge in [0, 0.05) is 0 Å². The minimum Gasteiger partial charge on any atom is -0.493 e. The van der Waals surface area contributed by atoms with Crippen molar-refractivity contribution in [2.45, 2.75) is 13.5 Å². The van der Waals surface area contributed by atoms with Gasteiger partial charge in [0.2, 0.25) is 0 Å². The Morgan fingerprint density at radius 3 is 3.00 bits per heavy atom. The molecule has 108 valence electrons. The predicted octanol–water partition coefficient (Wildman–Crippen LogP) is 0.599. The molecule has 8 heteroatoms. The Morgan fingerprint density at radius 1 is 1.38 bits per heavy atom.